The lowest BCUT2D eigenvalue weighted by Gasteiger charge is -2.34. The molecule has 7 nitrogen and oxygen atoms in total. The molecule has 9 heteroatoms. The first-order valence-electron chi connectivity index (χ1n) is 15.0. The summed E-state index contributed by atoms with van der Waals surface area (Å²) in [5, 5.41) is 2.94. The summed E-state index contributed by atoms with van der Waals surface area (Å²) in [6, 6.07) is 27.6. The van der Waals surface area contributed by atoms with E-state index in [1.807, 2.05) is 57.2 Å². The van der Waals surface area contributed by atoms with Crippen LogP contribution in [0.2, 0.25) is 0 Å². The third-order valence-electron chi connectivity index (χ3n) is 7.50. The van der Waals surface area contributed by atoms with Gasteiger partial charge in [0.1, 0.15) is 18.4 Å². The molecule has 0 aliphatic rings. The van der Waals surface area contributed by atoms with Crippen LogP contribution in [0.1, 0.15) is 36.1 Å². The number of halogens is 1. The quantitative estimate of drug-likeness (QED) is 0.195. The van der Waals surface area contributed by atoms with Crippen molar-refractivity contribution in [3.05, 3.63) is 131 Å². The molecule has 0 bridgehead atoms. The number of rotatable bonds is 13. The van der Waals surface area contributed by atoms with Gasteiger partial charge in [-0.3, -0.25) is 13.9 Å². The lowest BCUT2D eigenvalue weighted by Crippen LogP contribution is -2.54. The Labute approximate surface area is 265 Å². The van der Waals surface area contributed by atoms with Crippen LogP contribution in [0.15, 0.2) is 108 Å². The maximum Gasteiger partial charge on any atom is 0.264 e. The Bertz CT molecular complexity index is 1710. The molecule has 1 N–H and O–H groups in total. The van der Waals surface area contributed by atoms with Gasteiger partial charge in [-0.25, -0.2) is 12.8 Å². The molecule has 1 atom stereocenters. The number of anilines is 1. The number of nitrogens with one attached hydrogen (secondary N) is 1. The highest BCUT2D eigenvalue weighted by Crippen LogP contribution is 2.29. The minimum atomic E-state index is -4.22. The van der Waals surface area contributed by atoms with Gasteiger partial charge in [0.2, 0.25) is 11.8 Å². The van der Waals surface area contributed by atoms with Crippen LogP contribution >= 0.6 is 0 Å². The van der Waals surface area contributed by atoms with E-state index in [9.17, 15) is 18.0 Å². The highest BCUT2D eigenvalue weighted by atomic mass is 32.2. The Kier molecular flexibility index (Phi) is 11.1. The van der Waals surface area contributed by atoms with Gasteiger partial charge in [0.05, 0.1) is 10.6 Å². The zero-order chi connectivity index (χ0) is 32.6. The summed E-state index contributed by atoms with van der Waals surface area (Å²) < 4.78 is 44.4. The van der Waals surface area contributed by atoms with Crippen molar-refractivity contribution in [2.75, 3.05) is 17.4 Å². The summed E-state index contributed by atoms with van der Waals surface area (Å²) in [5.74, 6) is -1.42. The molecule has 2 amide bonds. The van der Waals surface area contributed by atoms with E-state index in [1.165, 1.54) is 23.1 Å². The first-order valence-corrected chi connectivity index (χ1v) is 16.4. The second-order valence-corrected chi connectivity index (χ2v) is 13.4. The number of hydrogen-bond donors (Lipinski definition) is 1. The van der Waals surface area contributed by atoms with Crippen molar-refractivity contribution >= 4 is 27.5 Å². The van der Waals surface area contributed by atoms with Crippen molar-refractivity contribution < 1.29 is 22.4 Å². The molecule has 45 heavy (non-hydrogen) atoms. The number of aryl methyl sites for hydroxylation is 2. The predicted octanol–water partition coefficient (Wildman–Crippen LogP) is 6.05. The SMILES string of the molecule is Cc1ccc(C)c(N(CC(=O)N(Cc2ccccc2F)[C@@H](Cc2ccccc2)C(=O)NCC(C)C)S(=O)(=O)c2ccccc2)c1. The Balaban J connectivity index is 1.83. The molecule has 0 aromatic heterocycles. The van der Waals surface area contributed by atoms with Crippen LogP contribution in [-0.4, -0.2) is 44.3 Å². The molecule has 236 valence electrons. The second kappa shape index (κ2) is 15.0. The molecule has 0 fully saturated rings. The molecule has 0 heterocycles. The number of carbonyl (C=O) groups excluding carboxylic acids is 2. The summed E-state index contributed by atoms with van der Waals surface area (Å²) in [7, 11) is -4.22. The Morgan fingerprint density at radius 1 is 0.844 bits per heavy atom. The van der Waals surface area contributed by atoms with E-state index in [1.54, 1.807) is 55.5 Å². The van der Waals surface area contributed by atoms with E-state index in [2.05, 4.69) is 5.32 Å². The van der Waals surface area contributed by atoms with E-state index in [0.717, 1.165) is 15.4 Å². The highest BCUT2D eigenvalue weighted by Gasteiger charge is 2.35. The number of carbonyl (C=O) groups is 2. The van der Waals surface area contributed by atoms with Gasteiger partial charge < -0.3 is 10.2 Å². The van der Waals surface area contributed by atoms with Crippen LogP contribution in [0.4, 0.5) is 10.1 Å². The maximum absolute atomic E-state index is 15.0. The van der Waals surface area contributed by atoms with Crippen LogP contribution in [0, 0.1) is 25.6 Å². The highest BCUT2D eigenvalue weighted by molar-refractivity contribution is 7.92. The normalized spacial score (nSPS) is 12.0. The molecule has 0 radical (unpaired) electrons. The minimum absolute atomic E-state index is 0.0230. The van der Waals surface area contributed by atoms with E-state index in [-0.39, 0.29) is 29.3 Å². The topological polar surface area (TPSA) is 86.8 Å². The van der Waals surface area contributed by atoms with Crippen LogP contribution in [0.3, 0.4) is 0 Å². The van der Waals surface area contributed by atoms with E-state index in [4.69, 9.17) is 0 Å². The molecule has 0 saturated heterocycles. The van der Waals surface area contributed by atoms with Crippen LogP contribution in [0.25, 0.3) is 0 Å². The van der Waals surface area contributed by atoms with Crippen molar-refractivity contribution in [1.29, 1.82) is 0 Å². The molecular weight excluding hydrogens is 589 g/mol. The number of hydrogen-bond acceptors (Lipinski definition) is 4. The van der Waals surface area contributed by atoms with Gasteiger partial charge in [-0.1, -0.05) is 92.7 Å². The Morgan fingerprint density at radius 2 is 1.47 bits per heavy atom. The molecular formula is C36H40FN3O4S. The number of amides is 2. The zero-order valence-electron chi connectivity index (χ0n) is 26.1. The van der Waals surface area contributed by atoms with E-state index in [0.29, 0.717) is 17.8 Å². The Hall–Kier alpha value is -4.50. The summed E-state index contributed by atoms with van der Waals surface area (Å²) in [6.07, 6.45) is 0.153. The van der Waals surface area contributed by atoms with Gasteiger partial charge in [-0.2, -0.15) is 0 Å². The van der Waals surface area contributed by atoms with Gasteiger partial charge >= 0.3 is 0 Å². The lowest BCUT2D eigenvalue weighted by molar-refractivity contribution is -0.140. The first-order chi connectivity index (χ1) is 21.5. The van der Waals surface area contributed by atoms with Crippen LogP contribution in [0.5, 0.6) is 0 Å². The fraction of sp³-hybridized carbons (Fsp3) is 0.278. The standard InChI is InChI=1S/C36H40FN3O4S/c1-26(2)23-38-36(42)34(22-29-13-7-5-8-14-29)39(24-30-15-11-12-18-32(30)37)35(41)25-40(33-21-27(3)19-20-28(33)4)45(43,44)31-16-9-6-10-17-31/h5-21,26,34H,22-25H2,1-4H3,(H,38,42)/t34-/m0/s1. The monoisotopic (exact) mass is 629 g/mol. The van der Waals surface area contributed by atoms with Crippen molar-refractivity contribution in [2.24, 2.45) is 5.92 Å². The minimum Gasteiger partial charge on any atom is -0.354 e. The Morgan fingerprint density at radius 3 is 2.11 bits per heavy atom. The number of benzene rings is 4. The molecule has 0 spiro atoms. The summed E-state index contributed by atoms with van der Waals surface area (Å²) in [4.78, 5) is 29.7. The molecule has 4 rings (SSSR count). The molecule has 0 unspecified atom stereocenters. The molecule has 4 aromatic carbocycles. The van der Waals surface area contributed by atoms with Crippen molar-refractivity contribution in [2.45, 2.75) is 51.6 Å². The fourth-order valence-corrected chi connectivity index (χ4v) is 6.50. The zero-order valence-corrected chi connectivity index (χ0v) is 26.9. The summed E-state index contributed by atoms with van der Waals surface area (Å²) >= 11 is 0. The summed E-state index contributed by atoms with van der Waals surface area (Å²) in [6.45, 7) is 7.10. The van der Waals surface area contributed by atoms with Gasteiger partial charge in [0.25, 0.3) is 10.0 Å². The lowest BCUT2D eigenvalue weighted by atomic mass is 10.0. The molecule has 0 aliphatic carbocycles. The predicted molar refractivity (Wildman–Crippen MR) is 176 cm³/mol. The smallest absolute Gasteiger partial charge is 0.264 e. The third kappa shape index (κ3) is 8.57. The molecule has 0 saturated carbocycles. The van der Waals surface area contributed by atoms with Crippen molar-refractivity contribution in [1.82, 2.24) is 10.2 Å². The van der Waals surface area contributed by atoms with Crippen molar-refractivity contribution in [3.63, 3.8) is 0 Å². The fourth-order valence-electron chi connectivity index (χ4n) is 5.01. The average Bonchev–Trinajstić information content (AvgIpc) is 3.03. The van der Waals surface area contributed by atoms with Gasteiger partial charge in [-0.15, -0.1) is 0 Å². The van der Waals surface area contributed by atoms with Gasteiger partial charge in [0, 0.05) is 25.1 Å². The number of nitrogens with zero attached hydrogens (tertiary/aromatic N) is 2. The largest absolute Gasteiger partial charge is 0.354 e. The molecule has 0 aliphatic heterocycles. The van der Waals surface area contributed by atoms with Crippen LogP contribution in [-0.2, 0) is 32.6 Å². The van der Waals surface area contributed by atoms with Gasteiger partial charge in [0.15, 0.2) is 0 Å². The van der Waals surface area contributed by atoms with Gasteiger partial charge in [-0.05, 0) is 60.7 Å². The molecule has 4 aromatic rings. The first kappa shape index (κ1) is 33.4. The maximum atomic E-state index is 15.0. The second-order valence-electron chi connectivity index (χ2n) is 11.6. The van der Waals surface area contributed by atoms with Crippen LogP contribution < -0.4 is 9.62 Å². The number of sulfonamides is 1. The van der Waals surface area contributed by atoms with E-state index >= 15 is 4.39 Å². The summed E-state index contributed by atoms with van der Waals surface area (Å²) in [5.41, 5.74) is 2.84. The average molecular weight is 630 g/mol. The van der Waals surface area contributed by atoms with E-state index < -0.39 is 40.2 Å². The van der Waals surface area contributed by atoms with Crippen molar-refractivity contribution in [3.8, 4) is 0 Å². The third-order valence-corrected chi connectivity index (χ3v) is 9.27.